The van der Waals surface area contributed by atoms with Crippen molar-refractivity contribution in [3.63, 3.8) is 0 Å². The molecule has 4 aromatic carbocycles. The second kappa shape index (κ2) is 30.0. The number of hydrogen-bond donors (Lipinski definition) is 1. The molecule has 2 heterocycles. The van der Waals surface area contributed by atoms with Crippen LogP contribution in [0.2, 0.25) is 0 Å². The average Bonchev–Trinajstić information content (AvgIpc) is 3.68. The number of ether oxygens (including phenoxy) is 8. The van der Waals surface area contributed by atoms with Gasteiger partial charge in [0.15, 0.2) is 5.79 Å². The number of hydrogen-bond acceptors (Lipinski definition) is 9. The Labute approximate surface area is 426 Å². The van der Waals surface area contributed by atoms with Crippen molar-refractivity contribution in [2.75, 3.05) is 6.61 Å². The van der Waals surface area contributed by atoms with Crippen LogP contribution in [0.25, 0.3) is 0 Å². The van der Waals surface area contributed by atoms with Crippen LogP contribution in [0.5, 0.6) is 0 Å². The second-order valence-corrected chi connectivity index (χ2v) is 20.8. The fraction of sp³-hybridized carbons (Fsp3) is 0.557. The number of nitrogens with one attached hydrogen (secondary N) is 1. The summed E-state index contributed by atoms with van der Waals surface area (Å²) in [4.78, 5) is 13.8. The van der Waals surface area contributed by atoms with Gasteiger partial charge in [-0.1, -0.05) is 217 Å². The molecule has 8 atom stereocenters. The van der Waals surface area contributed by atoms with Gasteiger partial charge in [-0.2, -0.15) is 0 Å². The number of carbonyl (C=O) groups is 1. The number of amides is 1. The van der Waals surface area contributed by atoms with Gasteiger partial charge in [0.2, 0.25) is 0 Å². The molecule has 0 radical (unpaired) electrons. The predicted molar refractivity (Wildman–Crippen MR) is 282 cm³/mol. The van der Waals surface area contributed by atoms with Crippen molar-refractivity contribution in [2.45, 2.75) is 212 Å². The summed E-state index contributed by atoms with van der Waals surface area (Å²) < 4.78 is 53.8. The van der Waals surface area contributed by atoms with Crippen molar-refractivity contribution in [1.82, 2.24) is 5.32 Å². The smallest absolute Gasteiger partial charge is 0.408 e. The van der Waals surface area contributed by atoms with Gasteiger partial charge in [-0.25, -0.2) is 4.79 Å². The molecule has 1 N–H and O–H groups in total. The number of rotatable bonds is 30. The second-order valence-electron chi connectivity index (χ2n) is 20.8. The number of benzene rings is 4. The molecule has 0 saturated carbocycles. The molecule has 10 heteroatoms. The zero-order valence-electron chi connectivity index (χ0n) is 43.7. The minimum Gasteiger partial charge on any atom is -0.444 e. The lowest BCUT2D eigenvalue weighted by Crippen LogP contribution is -2.60. The molecule has 0 aromatic heterocycles. The third kappa shape index (κ3) is 20.2. The Balaban J connectivity index is 1.28. The third-order valence-corrected chi connectivity index (χ3v) is 13.0. The molecule has 4 aromatic rings. The summed E-state index contributed by atoms with van der Waals surface area (Å²) in [6.45, 7) is 13.3. The first-order valence-electron chi connectivity index (χ1n) is 26.7. The molecule has 1 amide bonds. The van der Waals surface area contributed by atoms with E-state index in [0.29, 0.717) is 26.4 Å². The third-order valence-electron chi connectivity index (χ3n) is 13.0. The first-order valence-corrected chi connectivity index (χ1v) is 26.7. The lowest BCUT2D eigenvalue weighted by atomic mass is 9.92. The van der Waals surface area contributed by atoms with Gasteiger partial charge < -0.3 is 43.2 Å². The van der Waals surface area contributed by atoms with Gasteiger partial charge in [-0.3, -0.25) is 0 Å². The van der Waals surface area contributed by atoms with Crippen LogP contribution in [0.3, 0.4) is 0 Å². The van der Waals surface area contributed by atoms with Gasteiger partial charge in [-0.05, 0) is 63.3 Å². The van der Waals surface area contributed by atoms with Crippen LogP contribution in [-0.2, 0) is 64.3 Å². The van der Waals surface area contributed by atoms with E-state index in [1.54, 1.807) is 0 Å². The van der Waals surface area contributed by atoms with E-state index in [2.05, 4.69) is 60.8 Å². The molecule has 0 aliphatic carbocycles. The summed E-state index contributed by atoms with van der Waals surface area (Å²) in [7, 11) is 0. The zero-order valence-corrected chi connectivity index (χ0v) is 43.7. The van der Waals surface area contributed by atoms with E-state index in [1.165, 1.54) is 64.2 Å². The molecular formula is C61H85NO9. The summed E-state index contributed by atoms with van der Waals surface area (Å²) >= 11 is 0. The fourth-order valence-corrected chi connectivity index (χ4v) is 9.47. The van der Waals surface area contributed by atoms with Gasteiger partial charge in [0.05, 0.1) is 45.2 Å². The zero-order chi connectivity index (χ0) is 50.2. The Kier molecular flexibility index (Phi) is 23.6. The van der Waals surface area contributed by atoms with Gasteiger partial charge in [0, 0.05) is 0 Å². The van der Waals surface area contributed by atoms with Gasteiger partial charge in [0.25, 0.3) is 0 Å². The summed E-state index contributed by atoms with van der Waals surface area (Å²) in [6.07, 6.45) is 15.6. The maximum Gasteiger partial charge on any atom is 0.408 e. The number of carbonyl (C=O) groups excluding carboxylic acids is 1. The number of alkyl carbamates (subject to hydrolysis) is 1. The van der Waals surface area contributed by atoms with E-state index in [1.807, 2.05) is 120 Å². The summed E-state index contributed by atoms with van der Waals surface area (Å²) in [5.74, 6) is -0.863. The lowest BCUT2D eigenvalue weighted by molar-refractivity contribution is -0.263. The lowest BCUT2D eigenvalue weighted by Gasteiger charge is -2.45. The standard InChI is InChI=1S/C61H85NO9/c1-7-8-9-10-11-12-13-14-15-16-17-30-39-53-55(70-61(5,6)69-53)51(62-59(63)71-60(2,3)4)40-41-52-56(65-43-48-33-24-19-25-34-48)58(67-45-50-37-28-21-29-38-50)57(66-44-49-35-26-20-27-36-49)54(68-52)46-64-42-47-31-22-18-23-32-47/h18-29,31-38,40-41,51-58H,7-17,30,39,42-46H2,1-6H3,(H,62,63)/b41-40-/t51-,52-,53+,54?,55-,56?,57-,58+/m0/s1. The van der Waals surface area contributed by atoms with Crippen LogP contribution in [0.15, 0.2) is 133 Å². The first kappa shape index (κ1) is 55.9. The van der Waals surface area contributed by atoms with E-state index in [4.69, 9.17) is 37.9 Å². The van der Waals surface area contributed by atoms with Crippen molar-refractivity contribution in [3.8, 4) is 0 Å². The SMILES string of the molecule is CCCCCCCCCCCCCC[C@H]1OC(C)(C)O[C@H]1[C@H](/C=C\[C@@H]1OC(COCc2ccccc2)[C@H](OCc2ccccc2)[C@H](OCc2ccccc2)C1OCc1ccccc1)NC(=O)OC(C)(C)C. The van der Waals surface area contributed by atoms with E-state index in [-0.39, 0.29) is 12.7 Å². The summed E-state index contributed by atoms with van der Waals surface area (Å²) in [6, 6.07) is 39.9. The van der Waals surface area contributed by atoms with Gasteiger partial charge in [0.1, 0.15) is 42.2 Å². The van der Waals surface area contributed by atoms with Gasteiger partial charge in [-0.15, -0.1) is 0 Å². The molecule has 2 saturated heterocycles. The largest absolute Gasteiger partial charge is 0.444 e. The monoisotopic (exact) mass is 976 g/mol. The van der Waals surface area contributed by atoms with Crippen LogP contribution in [0.4, 0.5) is 4.79 Å². The summed E-state index contributed by atoms with van der Waals surface area (Å²) in [5.41, 5.74) is 3.40. The van der Waals surface area contributed by atoms with Crippen molar-refractivity contribution < 1.29 is 42.7 Å². The Morgan fingerprint density at radius 2 is 1.04 bits per heavy atom. The van der Waals surface area contributed by atoms with Crippen molar-refractivity contribution >= 4 is 6.09 Å². The maximum absolute atomic E-state index is 13.8. The molecule has 10 nitrogen and oxygen atoms in total. The van der Waals surface area contributed by atoms with Gasteiger partial charge >= 0.3 is 6.09 Å². The highest BCUT2D eigenvalue weighted by molar-refractivity contribution is 5.68. The molecule has 2 aliphatic rings. The van der Waals surface area contributed by atoms with E-state index >= 15 is 0 Å². The highest BCUT2D eigenvalue weighted by atomic mass is 16.8. The predicted octanol–water partition coefficient (Wildman–Crippen LogP) is 13.8. The average molecular weight is 976 g/mol. The van der Waals surface area contributed by atoms with E-state index in [9.17, 15) is 4.79 Å². The first-order chi connectivity index (χ1) is 34.5. The maximum atomic E-state index is 13.8. The highest BCUT2D eigenvalue weighted by Gasteiger charge is 2.49. The van der Waals surface area contributed by atoms with Crippen molar-refractivity contribution in [1.29, 1.82) is 0 Å². The van der Waals surface area contributed by atoms with E-state index < -0.39 is 60.1 Å². The molecule has 6 rings (SSSR count). The Morgan fingerprint density at radius 1 is 0.592 bits per heavy atom. The van der Waals surface area contributed by atoms with Crippen LogP contribution < -0.4 is 5.32 Å². The minimum absolute atomic E-state index is 0.226. The Bertz CT molecular complexity index is 2060. The molecule has 2 aliphatic heterocycles. The Morgan fingerprint density at radius 3 is 1.54 bits per heavy atom. The van der Waals surface area contributed by atoms with Crippen LogP contribution in [-0.4, -0.2) is 72.9 Å². The van der Waals surface area contributed by atoms with Crippen LogP contribution >= 0.6 is 0 Å². The van der Waals surface area contributed by atoms with Crippen molar-refractivity contribution in [2.24, 2.45) is 0 Å². The van der Waals surface area contributed by atoms with Crippen LogP contribution in [0.1, 0.15) is 147 Å². The minimum atomic E-state index is -0.863. The highest BCUT2D eigenvalue weighted by Crippen LogP contribution is 2.35. The molecule has 0 bridgehead atoms. The number of unbranched alkanes of at least 4 members (excludes halogenated alkanes) is 11. The molecule has 2 fully saturated rings. The van der Waals surface area contributed by atoms with Crippen molar-refractivity contribution in [3.05, 3.63) is 156 Å². The topological polar surface area (TPSA) is 103 Å². The normalized spacial score (nSPS) is 22.6. The molecule has 388 valence electrons. The molecule has 0 spiro atoms. The molecule has 71 heavy (non-hydrogen) atoms. The summed E-state index contributed by atoms with van der Waals surface area (Å²) in [5, 5.41) is 3.18. The van der Waals surface area contributed by atoms with E-state index in [0.717, 1.165) is 41.5 Å². The molecule has 2 unspecified atom stereocenters. The molecular weight excluding hydrogens is 891 g/mol. The quantitative estimate of drug-likeness (QED) is 0.0404. The fourth-order valence-electron chi connectivity index (χ4n) is 9.47. The Hall–Kier alpha value is -4.39. The van der Waals surface area contributed by atoms with Crippen LogP contribution in [0, 0.1) is 0 Å².